The predicted molar refractivity (Wildman–Crippen MR) is 81.3 cm³/mol. The van der Waals surface area contributed by atoms with Crippen LogP contribution in [0.15, 0.2) is 0 Å². The van der Waals surface area contributed by atoms with Crippen molar-refractivity contribution in [2.24, 2.45) is 5.41 Å². The van der Waals surface area contributed by atoms with E-state index >= 15 is 0 Å². The normalized spacial score (nSPS) is 31.8. The zero-order chi connectivity index (χ0) is 14.9. The summed E-state index contributed by atoms with van der Waals surface area (Å²) in [5, 5.41) is 9.61. The molecule has 120 valence electrons. The summed E-state index contributed by atoms with van der Waals surface area (Å²) in [4.78, 5) is 14.2. The second-order valence-electron chi connectivity index (χ2n) is 7.40. The molecule has 0 aromatic carbocycles. The van der Waals surface area contributed by atoms with Crippen LogP contribution in [-0.4, -0.2) is 47.3 Å². The Morgan fingerprint density at radius 2 is 2.00 bits per heavy atom. The van der Waals surface area contributed by atoms with Gasteiger partial charge in [-0.15, -0.1) is 0 Å². The molecule has 1 saturated carbocycles. The van der Waals surface area contributed by atoms with E-state index in [1.54, 1.807) is 0 Å². The average Bonchev–Trinajstić information content (AvgIpc) is 2.46. The van der Waals surface area contributed by atoms with Crippen molar-refractivity contribution in [2.75, 3.05) is 19.7 Å². The Kier molecular flexibility index (Phi) is 4.28. The molecule has 4 nitrogen and oxygen atoms in total. The van der Waals surface area contributed by atoms with Crippen LogP contribution in [0.5, 0.6) is 0 Å². The number of hydrogen-bond acceptors (Lipinski definition) is 3. The fraction of sp³-hybridized carbons (Fsp3) is 0.941. The predicted octanol–water partition coefficient (Wildman–Crippen LogP) is 3.06. The van der Waals surface area contributed by atoms with Gasteiger partial charge in [-0.05, 0) is 64.5 Å². The second kappa shape index (κ2) is 5.88. The van der Waals surface area contributed by atoms with Gasteiger partial charge in [0, 0.05) is 12.6 Å². The summed E-state index contributed by atoms with van der Waals surface area (Å²) in [7, 11) is 0. The highest BCUT2D eigenvalue weighted by molar-refractivity contribution is 5.74. The average molecular weight is 295 g/mol. The number of ether oxygens (including phenoxy) is 1. The molecule has 2 saturated heterocycles. The maximum atomic E-state index is 11.7. The van der Waals surface area contributed by atoms with E-state index in [-0.39, 0.29) is 5.60 Å². The molecule has 1 N–H and O–H groups in total. The number of carboxylic acids is 1. The molecule has 1 atom stereocenters. The fourth-order valence-electron chi connectivity index (χ4n) is 4.60. The molecule has 3 aliphatic rings. The van der Waals surface area contributed by atoms with Crippen molar-refractivity contribution in [2.45, 2.75) is 76.4 Å². The van der Waals surface area contributed by atoms with Gasteiger partial charge in [-0.25, -0.2) is 0 Å². The minimum Gasteiger partial charge on any atom is -0.481 e. The van der Waals surface area contributed by atoms with Gasteiger partial charge >= 0.3 is 5.97 Å². The van der Waals surface area contributed by atoms with Crippen LogP contribution in [0, 0.1) is 5.41 Å². The summed E-state index contributed by atoms with van der Waals surface area (Å²) in [5.74, 6) is -0.577. The number of piperidine rings is 1. The van der Waals surface area contributed by atoms with Gasteiger partial charge in [-0.2, -0.15) is 0 Å². The lowest BCUT2D eigenvalue weighted by atomic mass is 9.72. The van der Waals surface area contributed by atoms with E-state index in [4.69, 9.17) is 4.74 Å². The third-order valence-electron chi connectivity index (χ3n) is 6.19. The molecule has 0 amide bonds. The minimum atomic E-state index is -0.577. The Morgan fingerprint density at radius 3 is 2.52 bits per heavy atom. The van der Waals surface area contributed by atoms with E-state index in [9.17, 15) is 9.90 Å². The Balaban J connectivity index is 1.58. The highest BCUT2D eigenvalue weighted by Gasteiger charge is 2.46. The van der Waals surface area contributed by atoms with E-state index in [0.29, 0.717) is 6.04 Å². The summed E-state index contributed by atoms with van der Waals surface area (Å²) in [6, 6.07) is 0.618. The topological polar surface area (TPSA) is 49.8 Å². The summed E-state index contributed by atoms with van der Waals surface area (Å²) in [6.07, 6.45) is 9.49. The van der Waals surface area contributed by atoms with E-state index < -0.39 is 11.4 Å². The molecule has 0 aromatic rings. The largest absolute Gasteiger partial charge is 0.481 e. The third-order valence-corrected chi connectivity index (χ3v) is 6.19. The number of likely N-dealkylation sites (tertiary alicyclic amines) is 1. The number of nitrogens with zero attached hydrogens (tertiary/aromatic N) is 1. The van der Waals surface area contributed by atoms with Crippen LogP contribution < -0.4 is 0 Å². The third kappa shape index (κ3) is 2.85. The molecule has 1 spiro atoms. The molecular formula is C17H29NO3. The molecule has 2 heterocycles. The Bertz CT molecular complexity index is 383. The standard InChI is InChI=1S/C17H29NO3/c1-2-5-16(15(19)20)8-10-18(11-9-16)14-4-12-21-17(13-14)6-3-7-17/h14H,2-13H2,1H3,(H,19,20). The van der Waals surface area contributed by atoms with Crippen molar-refractivity contribution in [1.82, 2.24) is 4.90 Å². The van der Waals surface area contributed by atoms with Gasteiger partial charge in [0.2, 0.25) is 0 Å². The molecule has 3 rings (SSSR count). The smallest absolute Gasteiger partial charge is 0.309 e. The summed E-state index contributed by atoms with van der Waals surface area (Å²) < 4.78 is 6.02. The van der Waals surface area contributed by atoms with Crippen molar-refractivity contribution in [3.05, 3.63) is 0 Å². The first-order chi connectivity index (χ1) is 10.1. The zero-order valence-electron chi connectivity index (χ0n) is 13.3. The van der Waals surface area contributed by atoms with Crippen LogP contribution in [-0.2, 0) is 9.53 Å². The van der Waals surface area contributed by atoms with E-state index in [2.05, 4.69) is 11.8 Å². The Hall–Kier alpha value is -0.610. The monoisotopic (exact) mass is 295 g/mol. The molecule has 1 aliphatic carbocycles. The van der Waals surface area contributed by atoms with Gasteiger partial charge in [-0.1, -0.05) is 13.3 Å². The molecule has 21 heavy (non-hydrogen) atoms. The summed E-state index contributed by atoms with van der Waals surface area (Å²) >= 11 is 0. The maximum absolute atomic E-state index is 11.7. The number of carboxylic acid groups (broad SMARTS) is 1. The number of aliphatic carboxylic acids is 1. The van der Waals surface area contributed by atoms with Crippen molar-refractivity contribution >= 4 is 5.97 Å². The van der Waals surface area contributed by atoms with Crippen LogP contribution in [0.4, 0.5) is 0 Å². The first-order valence-corrected chi connectivity index (χ1v) is 8.71. The second-order valence-corrected chi connectivity index (χ2v) is 7.40. The highest BCUT2D eigenvalue weighted by atomic mass is 16.5. The summed E-state index contributed by atoms with van der Waals surface area (Å²) in [5.41, 5.74) is -0.266. The Morgan fingerprint density at radius 1 is 1.29 bits per heavy atom. The number of carbonyl (C=O) groups is 1. The molecule has 3 fully saturated rings. The zero-order valence-corrected chi connectivity index (χ0v) is 13.3. The van der Waals surface area contributed by atoms with Gasteiger partial charge in [0.1, 0.15) is 0 Å². The molecular weight excluding hydrogens is 266 g/mol. The minimum absolute atomic E-state index is 0.188. The summed E-state index contributed by atoms with van der Waals surface area (Å²) in [6.45, 7) is 4.89. The van der Waals surface area contributed by atoms with E-state index in [1.807, 2.05) is 0 Å². The van der Waals surface area contributed by atoms with Gasteiger partial charge in [0.25, 0.3) is 0 Å². The Labute approximate surface area is 127 Å². The van der Waals surface area contributed by atoms with Crippen LogP contribution in [0.1, 0.15) is 64.7 Å². The molecule has 4 heteroatoms. The lowest BCUT2D eigenvalue weighted by molar-refractivity contribution is -0.161. The van der Waals surface area contributed by atoms with E-state index in [1.165, 1.54) is 25.7 Å². The van der Waals surface area contributed by atoms with Crippen molar-refractivity contribution in [3.8, 4) is 0 Å². The molecule has 0 aromatic heterocycles. The van der Waals surface area contributed by atoms with Crippen molar-refractivity contribution < 1.29 is 14.6 Å². The van der Waals surface area contributed by atoms with E-state index in [0.717, 1.165) is 51.8 Å². The quantitative estimate of drug-likeness (QED) is 0.866. The van der Waals surface area contributed by atoms with Crippen LogP contribution >= 0.6 is 0 Å². The van der Waals surface area contributed by atoms with Crippen LogP contribution in [0.25, 0.3) is 0 Å². The van der Waals surface area contributed by atoms with Crippen LogP contribution in [0.2, 0.25) is 0 Å². The fourth-order valence-corrected chi connectivity index (χ4v) is 4.60. The van der Waals surface area contributed by atoms with Gasteiger partial charge in [0.05, 0.1) is 11.0 Å². The molecule has 2 aliphatic heterocycles. The maximum Gasteiger partial charge on any atom is 0.309 e. The van der Waals surface area contributed by atoms with Gasteiger partial charge in [-0.3, -0.25) is 4.79 Å². The lowest BCUT2D eigenvalue weighted by Crippen LogP contribution is -2.55. The van der Waals surface area contributed by atoms with Crippen molar-refractivity contribution in [1.29, 1.82) is 0 Å². The molecule has 1 unspecified atom stereocenters. The lowest BCUT2D eigenvalue weighted by Gasteiger charge is -2.51. The van der Waals surface area contributed by atoms with Gasteiger partial charge in [0.15, 0.2) is 0 Å². The van der Waals surface area contributed by atoms with Crippen molar-refractivity contribution in [3.63, 3.8) is 0 Å². The number of rotatable bonds is 4. The number of hydrogen-bond donors (Lipinski definition) is 1. The first-order valence-electron chi connectivity index (χ1n) is 8.71. The van der Waals surface area contributed by atoms with Crippen LogP contribution in [0.3, 0.4) is 0 Å². The molecule has 0 bridgehead atoms. The SMILES string of the molecule is CCCC1(C(=O)O)CCN(C2CCOC3(CCC3)C2)CC1. The molecule has 0 radical (unpaired) electrons. The first kappa shape index (κ1) is 15.3. The highest BCUT2D eigenvalue weighted by Crippen LogP contribution is 2.45. The van der Waals surface area contributed by atoms with Gasteiger partial charge < -0.3 is 14.7 Å².